The maximum atomic E-state index is 6.17. The first-order valence-electron chi connectivity index (χ1n) is 7.76. The molecule has 0 spiro atoms. The second kappa shape index (κ2) is 5.06. The summed E-state index contributed by atoms with van der Waals surface area (Å²) in [5.74, 6) is 0. The fourth-order valence-electron chi connectivity index (χ4n) is 3.07. The van der Waals surface area contributed by atoms with E-state index in [2.05, 4.69) is 65.7 Å². The van der Waals surface area contributed by atoms with E-state index >= 15 is 0 Å². The molecule has 3 N–H and O–H groups in total. The van der Waals surface area contributed by atoms with Crippen LogP contribution in [0.3, 0.4) is 0 Å². The molecule has 0 atom stereocenters. The third-order valence-corrected chi connectivity index (χ3v) is 4.30. The fraction of sp³-hybridized carbons (Fsp3) is 0.100. The lowest BCUT2D eigenvalue weighted by molar-refractivity contribution is 1.24. The second-order valence-corrected chi connectivity index (χ2v) is 6.04. The zero-order valence-electron chi connectivity index (χ0n) is 13.3. The van der Waals surface area contributed by atoms with Crippen LogP contribution in [0.5, 0.6) is 0 Å². The van der Waals surface area contributed by atoms with E-state index in [1.54, 1.807) is 0 Å². The second-order valence-electron chi connectivity index (χ2n) is 6.04. The predicted octanol–water partition coefficient (Wildman–Crippen LogP) is 5.41. The van der Waals surface area contributed by atoms with Gasteiger partial charge in [0.1, 0.15) is 0 Å². The van der Waals surface area contributed by atoms with E-state index in [-0.39, 0.29) is 0 Å². The van der Waals surface area contributed by atoms with Crippen molar-refractivity contribution in [3.8, 4) is 0 Å². The normalized spacial score (nSPS) is 12.3. The van der Waals surface area contributed by atoms with Gasteiger partial charge < -0.3 is 16.0 Å². The molecule has 0 radical (unpaired) electrons. The number of anilines is 6. The van der Waals surface area contributed by atoms with Crippen LogP contribution in [0.25, 0.3) is 0 Å². The number of para-hydroxylation sites is 1. The summed E-state index contributed by atoms with van der Waals surface area (Å²) in [5, 5.41) is 3.55. The topological polar surface area (TPSA) is 41.3 Å². The summed E-state index contributed by atoms with van der Waals surface area (Å²) in [6, 6.07) is 21.0. The Morgan fingerprint density at radius 2 is 1.57 bits per heavy atom. The van der Waals surface area contributed by atoms with Crippen LogP contribution < -0.4 is 16.0 Å². The lowest BCUT2D eigenvalue weighted by Crippen LogP contribution is -2.18. The van der Waals surface area contributed by atoms with Crippen LogP contribution >= 0.6 is 0 Å². The van der Waals surface area contributed by atoms with E-state index in [1.165, 1.54) is 5.56 Å². The van der Waals surface area contributed by atoms with Crippen LogP contribution in [0.4, 0.5) is 34.1 Å². The van der Waals surface area contributed by atoms with Gasteiger partial charge in [-0.15, -0.1) is 0 Å². The molecule has 114 valence electrons. The number of hydrogen-bond donors (Lipinski definition) is 2. The molecule has 0 unspecified atom stereocenters. The van der Waals surface area contributed by atoms with Gasteiger partial charge in [-0.2, -0.15) is 0 Å². The van der Waals surface area contributed by atoms with E-state index in [9.17, 15) is 0 Å². The first-order chi connectivity index (χ1) is 11.1. The molecule has 1 aliphatic rings. The largest absolute Gasteiger partial charge is 0.398 e. The average molecular weight is 301 g/mol. The number of nitrogens with zero attached hydrogens (tertiary/aromatic N) is 1. The fourth-order valence-corrected chi connectivity index (χ4v) is 3.07. The SMILES string of the molecule is Cc1ccc2c(c1)Nc1cc(C)c(N)cc1N2c1ccccc1. The van der Waals surface area contributed by atoms with Crippen molar-refractivity contribution in [2.24, 2.45) is 0 Å². The highest BCUT2D eigenvalue weighted by Gasteiger charge is 2.24. The van der Waals surface area contributed by atoms with E-state index in [1.807, 2.05) is 19.1 Å². The summed E-state index contributed by atoms with van der Waals surface area (Å²) < 4.78 is 0. The van der Waals surface area contributed by atoms with Crippen molar-refractivity contribution in [2.45, 2.75) is 13.8 Å². The number of benzene rings is 3. The molecule has 23 heavy (non-hydrogen) atoms. The highest BCUT2D eigenvalue weighted by molar-refractivity contribution is 5.98. The zero-order chi connectivity index (χ0) is 16.0. The number of fused-ring (bicyclic) bond motifs is 2. The Kier molecular flexibility index (Phi) is 3.01. The zero-order valence-corrected chi connectivity index (χ0v) is 13.3. The molecule has 3 nitrogen and oxygen atoms in total. The van der Waals surface area contributed by atoms with Crippen molar-refractivity contribution in [3.05, 3.63) is 71.8 Å². The highest BCUT2D eigenvalue weighted by atomic mass is 15.2. The van der Waals surface area contributed by atoms with Gasteiger partial charge in [-0.1, -0.05) is 24.3 Å². The first-order valence-corrected chi connectivity index (χ1v) is 7.76. The Morgan fingerprint density at radius 3 is 2.35 bits per heavy atom. The van der Waals surface area contributed by atoms with Crippen LogP contribution in [-0.2, 0) is 0 Å². The van der Waals surface area contributed by atoms with Crippen LogP contribution in [-0.4, -0.2) is 0 Å². The quantitative estimate of drug-likeness (QED) is 0.462. The molecule has 4 rings (SSSR count). The van der Waals surface area contributed by atoms with Crippen LogP contribution in [0.2, 0.25) is 0 Å². The third-order valence-electron chi connectivity index (χ3n) is 4.30. The Bertz CT molecular complexity index is 885. The molecule has 0 amide bonds. The monoisotopic (exact) mass is 301 g/mol. The Hall–Kier alpha value is -2.94. The van der Waals surface area contributed by atoms with Gasteiger partial charge in [0.25, 0.3) is 0 Å². The number of nitrogens with one attached hydrogen (secondary N) is 1. The lowest BCUT2D eigenvalue weighted by atomic mass is 10.0. The summed E-state index contributed by atoms with van der Waals surface area (Å²) >= 11 is 0. The maximum absolute atomic E-state index is 6.17. The van der Waals surface area contributed by atoms with Crippen molar-refractivity contribution < 1.29 is 0 Å². The van der Waals surface area contributed by atoms with Crippen molar-refractivity contribution in [1.29, 1.82) is 0 Å². The third kappa shape index (κ3) is 2.21. The summed E-state index contributed by atoms with van der Waals surface area (Å²) in [4.78, 5) is 2.26. The lowest BCUT2D eigenvalue weighted by Gasteiger charge is -2.34. The molecule has 0 fully saturated rings. The number of nitrogen functional groups attached to an aromatic ring is 1. The summed E-state index contributed by atoms with van der Waals surface area (Å²) in [6.45, 7) is 4.15. The minimum Gasteiger partial charge on any atom is -0.398 e. The van der Waals surface area contributed by atoms with E-state index in [0.717, 1.165) is 39.7 Å². The minimum absolute atomic E-state index is 0.807. The molecule has 1 aliphatic heterocycles. The van der Waals surface area contributed by atoms with Crippen LogP contribution in [0.15, 0.2) is 60.7 Å². The van der Waals surface area contributed by atoms with Crippen molar-refractivity contribution >= 4 is 34.1 Å². The summed E-state index contributed by atoms with van der Waals surface area (Å²) in [7, 11) is 0. The molecule has 0 aromatic heterocycles. The van der Waals surface area contributed by atoms with Gasteiger partial charge in [0.05, 0.1) is 22.7 Å². The van der Waals surface area contributed by atoms with Gasteiger partial charge >= 0.3 is 0 Å². The molecule has 0 aliphatic carbocycles. The van der Waals surface area contributed by atoms with Crippen molar-refractivity contribution in [2.75, 3.05) is 16.0 Å². The number of rotatable bonds is 1. The summed E-state index contributed by atoms with van der Waals surface area (Å²) in [5.41, 5.74) is 14.8. The number of nitrogens with two attached hydrogens (primary N) is 1. The van der Waals surface area contributed by atoms with E-state index < -0.39 is 0 Å². The van der Waals surface area contributed by atoms with Gasteiger partial charge in [0.15, 0.2) is 0 Å². The maximum Gasteiger partial charge on any atom is 0.0718 e. The van der Waals surface area contributed by atoms with Gasteiger partial charge in [-0.25, -0.2) is 0 Å². The number of hydrogen-bond acceptors (Lipinski definition) is 3. The molecule has 3 heteroatoms. The van der Waals surface area contributed by atoms with Gasteiger partial charge in [0, 0.05) is 11.4 Å². The molecule has 1 heterocycles. The van der Waals surface area contributed by atoms with Crippen LogP contribution in [0, 0.1) is 13.8 Å². The highest BCUT2D eigenvalue weighted by Crippen LogP contribution is 2.49. The first kappa shape index (κ1) is 13.7. The van der Waals surface area contributed by atoms with Crippen molar-refractivity contribution in [1.82, 2.24) is 0 Å². The molecule has 0 bridgehead atoms. The van der Waals surface area contributed by atoms with E-state index in [4.69, 9.17) is 5.73 Å². The Labute approximate surface area is 136 Å². The summed E-state index contributed by atoms with van der Waals surface area (Å²) in [6.07, 6.45) is 0. The molecule has 3 aromatic rings. The van der Waals surface area contributed by atoms with Gasteiger partial charge in [0.2, 0.25) is 0 Å². The smallest absolute Gasteiger partial charge is 0.0718 e. The average Bonchev–Trinajstić information content (AvgIpc) is 2.55. The Morgan fingerprint density at radius 1 is 0.826 bits per heavy atom. The number of aryl methyl sites for hydroxylation is 2. The van der Waals surface area contributed by atoms with Gasteiger partial charge in [-0.05, 0) is 61.4 Å². The predicted molar refractivity (Wildman–Crippen MR) is 98.3 cm³/mol. The van der Waals surface area contributed by atoms with E-state index in [0.29, 0.717) is 0 Å². The molecule has 0 saturated carbocycles. The van der Waals surface area contributed by atoms with Crippen molar-refractivity contribution in [3.63, 3.8) is 0 Å². The molecule has 3 aromatic carbocycles. The van der Waals surface area contributed by atoms with Crippen LogP contribution in [0.1, 0.15) is 11.1 Å². The van der Waals surface area contributed by atoms with Gasteiger partial charge in [-0.3, -0.25) is 0 Å². The minimum atomic E-state index is 0.807. The Balaban J connectivity index is 1.99. The molecular formula is C20H19N3. The molecule has 0 saturated heterocycles. The molecular weight excluding hydrogens is 282 g/mol. The standard InChI is InChI=1S/C20H19N3/c1-13-8-9-19-17(10-13)22-18-11-14(2)16(21)12-20(18)23(19)15-6-4-3-5-7-15/h3-12,22H,21H2,1-2H3.